The average Bonchev–Trinajstić information content (AvgIpc) is 3.17. The van der Waals surface area contributed by atoms with Gasteiger partial charge in [-0.2, -0.15) is 0 Å². The maximum Gasteiger partial charge on any atom is 0.269 e. The Bertz CT molecular complexity index is 892. The lowest BCUT2D eigenvalue weighted by molar-refractivity contribution is -0.384. The molecule has 1 aromatic heterocycles. The smallest absolute Gasteiger partial charge is 0.269 e. The highest BCUT2D eigenvalue weighted by Crippen LogP contribution is 2.30. The first-order valence-corrected chi connectivity index (χ1v) is 11.4. The van der Waals surface area contributed by atoms with Crippen LogP contribution in [0.4, 0.5) is 5.69 Å². The molecule has 1 aliphatic rings. The van der Waals surface area contributed by atoms with Gasteiger partial charge in [-0.05, 0) is 37.6 Å². The van der Waals surface area contributed by atoms with Crippen LogP contribution in [0.1, 0.15) is 17.8 Å². The normalized spacial score (nSPS) is 18.6. The van der Waals surface area contributed by atoms with Crippen LogP contribution in [0.3, 0.4) is 0 Å². The summed E-state index contributed by atoms with van der Waals surface area (Å²) in [6.07, 6.45) is 0. The van der Waals surface area contributed by atoms with Gasteiger partial charge in [-0.15, -0.1) is 11.3 Å². The van der Waals surface area contributed by atoms with Crippen LogP contribution in [-0.2, 0) is 10.0 Å². The largest absolute Gasteiger partial charge is 0.304 e. The molecule has 0 radical (unpaired) electrons. The molecule has 0 saturated carbocycles. The van der Waals surface area contributed by atoms with Crippen molar-refractivity contribution in [3.63, 3.8) is 0 Å². The monoisotopic (exact) mass is 424 g/mol. The lowest BCUT2D eigenvalue weighted by atomic mass is 10.1. The number of piperazine rings is 1. The van der Waals surface area contributed by atoms with E-state index in [0.717, 1.165) is 31.1 Å². The molecule has 0 spiro atoms. The van der Waals surface area contributed by atoms with Crippen LogP contribution in [0.25, 0.3) is 0 Å². The van der Waals surface area contributed by atoms with Gasteiger partial charge in [0.2, 0.25) is 10.0 Å². The van der Waals surface area contributed by atoms with Gasteiger partial charge in [-0.3, -0.25) is 15.0 Å². The fourth-order valence-corrected chi connectivity index (χ4v) is 5.64. The molecule has 2 aromatic rings. The summed E-state index contributed by atoms with van der Waals surface area (Å²) in [5, 5.41) is 12.8. The first-order valence-electron chi connectivity index (χ1n) is 9.01. The maximum absolute atomic E-state index is 12.8. The quantitative estimate of drug-likeness (QED) is 0.541. The van der Waals surface area contributed by atoms with Gasteiger partial charge in [-0.25, -0.2) is 13.1 Å². The Labute approximate surface area is 169 Å². The van der Waals surface area contributed by atoms with Crippen LogP contribution in [0.15, 0.2) is 46.7 Å². The van der Waals surface area contributed by atoms with Gasteiger partial charge >= 0.3 is 0 Å². The van der Waals surface area contributed by atoms with E-state index in [1.54, 1.807) is 11.3 Å². The van der Waals surface area contributed by atoms with E-state index in [4.69, 9.17) is 0 Å². The number of nitrogens with zero attached hydrogens (tertiary/aromatic N) is 3. The van der Waals surface area contributed by atoms with Gasteiger partial charge in [0.1, 0.15) is 0 Å². The highest BCUT2D eigenvalue weighted by Gasteiger charge is 2.32. The second kappa shape index (κ2) is 8.66. The van der Waals surface area contributed by atoms with Crippen LogP contribution < -0.4 is 4.72 Å². The number of nitro benzene ring substituents is 1. The molecule has 0 amide bonds. The van der Waals surface area contributed by atoms with Crippen LogP contribution >= 0.6 is 11.3 Å². The third-order valence-electron chi connectivity index (χ3n) is 4.94. The Morgan fingerprint density at radius 3 is 2.32 bits per heavy atom. The zero-order valence-corrected chi connectivity index (χ0v) is 17.4. The second-order valence-electron chi connectivity index (χ2n) is 6.96. The summed E-state index contributed by atoms with van der Waals surface area (Å²) in [5.74, 6) is 0. The van der Waals surface area contributed by atoms with Gasteiger partial charge in [0, 0.05) is 49.2 Å². The van der Waals surface area contributed by atoms with Gasteiger partial charge in [0.15, 0.2) is 0 Å². The summed E-state index contributed by atoms with van der Waals surface area (Å²) in [4.78, 5) is 16.0. The first kappa shape index (κ1) is 20.9. The van der Waals surface area contributed by atoms with Gasteiger partial charge in [-0.1, -0.05) is 6.07 Å². The van der Waals surface area contributed by atoms with Crippen LogP contribution in [0, 0.1) is 10.1 Å². The molecule has 0 unspecified atom stereocenters. The fraction of sp³-hybridized carbons (Fsp3) is 0.444. The van der Waals surface area contributed by atoms with Crippen LogP contribution in [0.5, 0.6) is 0 Å². The number of non-ortho nitro benzene ring substituents is 1. The zero-order chi connectivity index (χ0) is 20.3. The number of nitrogens with one attached hydrogen (secondary N) is 1. The van der Waals surface area contributed by atoms with E-state index in [-0.39, 0.29) is 22.7 Å². The number of sulfonamides is 1. The molecule has 10 heteroatoms. The third-order valence-corrected chi connectivity index (χ3v) is 7.46. The van der Waals surface area contributed by atoms with Crippen molar-refractivity contribution in [3.05, 3.63) is 56.8 Å². The molecule has 2 atom stereocenters. The Hall–Kier alpha value is -1.85. The minimum atomic E-state index is -3.79. The Kier molecular flexibility index (Phi) is 6.46. The van der Waals surface area contributed by atoms with Crippen molar-refractivity contribution >= 4 is 27.0 Å². The standard InChI is InChI=1S/C18H24N4O4S2/c1-14(19-28(25,26)16-7-5-15(6-8-16)22(23)24)18(17-4-3-13-27-17)21-11-9-20(2)10-12-21/h3-8,13-14,18-19H,9-12H2,1-2H3/t14-,18+/m0/s1. The molecule has 0 aliphatic carbocycles. The topological polar surface area (TPSA) is 95.8 Å². The molecule has 1 fully saturated rings. The van der Waals surface area contributed by atoms with E-state index in [2.05, 4.69) is 21.6 Å². The van der Waals surface area contributed by atoms with Crippen LogP contribution in [0.2, 0.25) is 0 Å². The molecule has 1 saturated heterocycles. The molecule has 2 heterocycles. The Balaban J connectivity index is 1.80. The number of benzene rings is 1. The molecular weight excluding hydrogens is 400 g/mol. The lowest BCUT2D eigenvalue weighted by Gasteiger charge is -2.40. The predicted octanol–water partition coefficient (Wildman–Crippen LogP) is 2.31. The maximum atomic E-state index is 12.8. The number of thiophene rings is 1. The number of rotatable bonds is 7. The number of nitro groups is 1. The van der Waals surface area contributed by atoms with Gasteiger partial charge in [0.05, 0.1) is 15.9 Å². The minimum absolute atomic E-state index is 0.0215. The predicted molar refractivity (Wildman–Crippen MR) is 109 cm³/mol. The van der Waals surface area contributed by atoms with Gasteiger partial charge in [0.25, 0.3) is 5.69 Å². The van der Waals surface area contributed by atoms with Gasteiger partial charge < -0.3 is 4.90 Å². The summed E-state index contributed by atoms with van der Waals surface area (Å²) < 4.78 is 28.4. The molecular formula is C18H24N4O4S2. The van der Waals surface area contributed by atoms with Crippen LogP contribution in [-0.4, -0.2) is 62.4 Å². The molecule has 28 heavy (non-hydrogen) atoms. The van der Waals surface area contributed by atoms with E-state index in [1.807, 2.05) is 24.4 Å². The average molecular weight is 425 g/mol. The second-order valence-corrected chi connectivity index (χ2v) is 9.65. The van der Waals surface area contributed by atoms with E-state index in [9.17, 15) is 18.5 Å². The summed E-state index contributed by atoms with van der Waals surface area (Å²) in [5.41, 5.74) is -0.138. The molecule has 152 valence electrons. The van der Waals surface area contributed by atoms with E-state index < -0.39 is 14.9 Å². The zero-order valence-electron chi connectivity index (χ0n) is 15.8. The number of hydrogen-bond donors (Lipinski definition) is 1. The van der Waals surface area contributed by atoms with Crippen molar-refractivity contribution < 1.29 is 13.3 Å². The van der Waals surface area contributed by atoms with Crippen molar-refractivity contribution in [3.8, 4) is 0 Å². The van der Waals surface area contributed by atoms with E-state index in [1.165, 1.54) is 24.3 Å². The molecule has 1 N–H and O–H groups in total. The van der Waals surface area contributed by atoms with Crippen molar-refractivity contribution in [1.82, 2.24) is 14.5 Å². The highest BCUT2D eigenvalue weighted by atomic mass is 32.2. The Morgan fingerprint density at radius 1 is 1.14 bits per heavy atom. The lowest BCUT2D eigenvalue weighted by Crippen LogP contribution is -2.51. The fourth-order valence-electron chi connectivity index (χ4n) is 3.43. The van der Waals surface area contributed by atoms with Crippen molar-refractivity contribution in [2.24, 2.45) is 0 Å². The van der Waals surface area contributed by atoms with Crippen molar-refractivity contribution in [2.75, 3.05) is 33.2 Å². The van der Waals surface area contributed by atoms with E-state index in [0.29, 0.717) is 0 Å². The molecule has 3 rings (SSSR count). The molecule has 8 nitrogen and oxygen atoms in total. The minimum Gasteiger partial charge on any atom is -0.304 e. The van der Waals surface area contributed by atoms with E-state index >= 15 is 0 Å². The summed E-state index contributed by atoms with van der Waals surface area (Å²) in [6, 6.07) is 8.52. The summed E-state index contributed by atoms with van der Waals surface area (Å²) in [7, 11) is -1.71. The molecule has 1 aliphatic heterocycles. The summed E-state index contributed by atoms with van der Waals surface area (Å²) >= 11 is 1.62. The SMILES string of the molecule is C[C@H](NS(=O)(=O)c1ccc([N+](=O)[O-])cc1)[C@H](c1cccs1)N1CCN(C)CC1. The first-order chi connectivity index (χ1) is 13.3. The van der Waals surface area contributed by atoms with Crippen molar-refractivity contribution in [2.45, 2.75) is 23.9 Å². The highest BCUT2D eigenvalue weighted by molar-refractivity contribution is 7.89. The molecule has 0 bridgehead atoms. The number of hydrogen-bond acceptors (Lipinski definition) is 7. The Morgan fingerprint density at radius 2 is 1.79 bits per heavy atom. The molecule has 1 aromatic carbocycles. The number of likely N-dealkylation sites (N-methyl/N-ethyl adjacent to an activating group) is 1. The third kappa shape index (κ3) is 4.76. The summed E-state index contributed by atoms with van der Waals surface area (Å²) in [6.45, 7) is 5.46. The van der Waals surface area contributed by atoms with Crippen molar-refractivity contribution in [1.29, 1.82) is 0 Å².